The van der Waals surface area contributed by atoms with Crippen molar-refractivity contribution in [1.82, 2.24) is 4.98 Å². The first-order valence-corrected chi connectivity index (χ1v) is 4.81. The monoisotopic (exact) mass is 217 g/mol. The Morgan fingerprint density at radius 1 is 0.933 bits per heavy atom. The zero-order chi connectivity index (χ0) is 10.5. The molecule has 2 rings (SSSR count). The quantitative estimate of drug-likeness (QED) is 0.697. The normalized spacial score (nSPS) is 10.7. The lowest BCUT2D eigenvalue weighted by molar-refractivity contribution is 1.15. The Hall–Kier alpha value is -1.74. The lowest BCUT2D eigenvalue weighted by atomic mass is 10.3. The maximum atomic E-state index is 5.74. The molecule has 0 spiro atoms. The molecule has 1 aromatic heterocycles. The van der Waals surface area contributed by atoms with Crippen LogP contribution in [-0.4, -0.2) is 4.98 Å². The van der Waals surface area contributed by atoms with Gasteiger partial charge in [-0.1, -0.05) is 17.7 Å². The highest BCUT2D eigenvalue weighted by Crippen LogP contribution is 2.18. The maximum absolute atomic E-state index is 5.74. The summed E-state index contributed by atoms with van der Waals surface area (Å²) in [4.78, 5) is 4.02. The third kappa shape index (κ3) is 2.86. The lowest BCUT2D eigenvalue weighted by Gasteiger charge is -1.92. The van der Waals surface area contributed by atoms with Gasteiger partial charge in [0.2, 0.25) is 0 Å². The van der Waals surface area contributed by atoms with Crippen molar-refractivity contribution in [3.63, 3.8) is 0 Å². The molecule has 0 unspecified atom stereocenters. The van der Waals surface area contributed by atoms with Gasteiger partial charge in [0.15, 0.2) is 5.82 Å². The van der Waals surface area contributed by atoms with Crippen molar-refractivity contribution in [3.05, 3.63) is 53.7 Å². The Labute approximate surface area is 92.5 Å². The molecule has 0 atom stereocenters. The first-order valence-electron chi connectivity index (χ1n) is 4.43. The maximum Gasteiger partial charge on any atom is 0.174 e. The number of hydrogen-bond donors (Lipinski definition) is 0. The molecule has 1 heterocycles. The fourth-order valence-electron chi connectivity index (χ4n) is 1.03. The smallest absolute Gasteiger partial charge is 0.174 e. The summed E-state index contributed by atoms with van der Waals surface area (Å²) in [6, 6.07) is 12.6. The van der Waals surface area contributed by atoms with E-state index in [9.17, 15) is 0 Å². The van der Waals surface area contributed by atoms with Crippen LogP contribution < -0.4 is 0 Å². The van der Waals surface area contributed by atoms with E-state index in [1.165, 1.54) is 0 Å². The Bertz CT molecular complexity index is 451. The van der Waals surface area contributed by atoms with Gasteiger partial charge in [-0.2, -0.15) is 0 Å². The highest BCUT2D eigenvalue weighted by molar-refractivity contribution is 6.30. The van der Waals surface area contributed by atoms with Gasteiger partial charge >= 0.3 is 0 Å². The molecule has 0 N–H and O–H groups in total. The fourth-order valence-corrected chi connectivity index (χ4v) is 1.16. The van der Waals surface area contributed by atoms with Crippen molar-refractivity contribution in [2.24, 2.45) is 10.2 Å². The first kappa shape index (κ1) is 9.80. The summed E-state index contributed by atoms with van der Waals surface area (Å²) in [6.45, 7) is 0. The van der Waals surface area contributed by atoms with Crippen molar-refractivity contribution in [3.8, 4) is 0 Å². The van der Waals surface area contributed by atoms with Gasteiger partial charge < -0.3 is 0 Å². The molecule has 0 fully saturated rings. The third-order valence-corrected chi connectivity index (χ3v) is 2.00. The molecular weight excluding hydrogens is 210 g/mol. The van der Waals surface area contributed by atoms with Crippen LogP contribution in [0.15, 0.2) is 58.9 Å². The van der Waals surface area contributed by atoms with Gasteiger partial charge in [0.05, 0.1) is 5.69 Å². The molecule has 0 aliphatic carbocycles. The summed E-state index contributed by atoms with van der Waals surface area (Å²) >= 11 is 5.74. The minimum atomic E-state index is 0.590. The average Bonchev–Trinajstić information content (AvgIpc) is 2.30. The molecule has 0 aliphatic rings. The van der Waals surface area contributed by atoms with Crippen LogP contribution in [-0.2, 0) is 0 Å². The molecule has 0 amide bonds. The molecule has 3 nitrogen and oxygen atoms in total. The van der Waals surface area contributed by atoms with E-state index in [1.54, 1.807) is 36.5 Å². The molecule has 15 heavy (non-hydrogen) atoms. The van der Waals surface area contributed by atoms with E-state index in [-0.39, 0.29) is 0 Å². The summed E-state index contributed by atoms with van der Waals surface area (Å²) in [5, 5.41) is 8.69. The number of hydrogen-bond acceptors (Lipinski definition) is 3. The van der Waals surface area contributed by atoms with E-state index in [4.69, 9.17) is 11.6 Å². The highest BCUT2D eigenvalue weighted by atomic mass is 35.5. The second-order valence-corrected chi connectivity index (χ2v) is 3.30. The van der Waals surface area contributed by atoms with Crippen LogP contribution in [0.4, 0.5) is 11.5 Å². The fraction of sp³-hybridized carbons (Fsp3) is 0. The number of halogens is 1. The molecule has 0 bridgehead atoms. The van der Waals surface area contributed by atoms with Crippen molar-refractivity contribution < 1.29 is 0 Å². The van der Waals surface area contributed by atoms with Gasteiger partial charge in [-0.3, -0.25) is 0 Å². The van der Waals surface area contributed by atoms with Gasteiger partial charge in [0, 0.05) is 11.2 Å². The highest BCUT2D eigenvalue weighted by Gasteiger charge is 1.90. The topological polar surface area (TPSA) is 37.6 Å². The average molecular weight is 218 g/mol. The summed E-state index contributed by atoms with van der Waals surface area (Å²) < 4.78 is 0. The largest absolute Gasteiger partial charge is 0.236 e. The number of benzene rings is 1. The predicted octanol–water partition coefficient (Wildman–Crippen LogP) is 4.15. The van der Waals surface area contributed by atoms with E-state index in [0.29, 0.717) is 10.8 Å². The predicted molar refractivity (Wildman–Crippen MR) is 59.9 cm³/mol. The number of aromatic nitrogens is 1. The summed E-state index contributed by atoms with van der Waals surface area (Å²) in [6.07, 6.45) is 1.68. The molecule has 0 aliphatic heterocycles. The molecule has 0 saturated heterocycles. The van der Waals surface area contributed by atoms with Crippen LogP contribution in [0.1, 0.15) is 0 Å². The van der Waals surface area contributed by atoms with E-state index in [0.717, 1.165) is 5.69 Å². The first-order chi connectivity index (χ1) is 7.34. The third-order valence-electron chi connectivity index (χ3n) is 1.74. The number of nitrogens with zero attached hydrogens (tertiary/aromatic N) is 3. The number of azo groups is 1. The molecular formula is C11H8ClN3. The Morgan fingerprint density at radius 3 is 2.40 bits per heavy atom. The van der Waals surface area contributed by atoms with Gasteiger partial charge in [0.1, 0.15) is 0 Å². The second-order valence-electron chi connectivity index (χ2n) is 2.86. The van der Waals surface area contributed by atoms with E-state index in [1.807, 2.05) is 12.1 Å². The molecule has 74 valence electrons. The van der Waals surface area contributed by atoms with Crippen LogP contribution in [0.5, 0.6) is 0 Å². The van der Waals surface area contributed by atoms with Crippen LogP contribution >= 0.6 is 11.6 Å². The molecule has 1 aromatic carbocycles. The van der Waals surface area contributed by atoms with Crippen molar-refractivity contribution in [2.45, 2.75) is 0 Å². The SMILES string of the molecule is Clc1ccc(N=Nc2ccccn2)cc1. The van der Waals surface area contributed by atoms with E-state index >= 15 is 0 Å². The van der Waals surface area contributed by atoms with Crippen LogP contribution in [0, 0.1) is 0 Å². The van der Waals surface area contributed by atoms with Crippen molar-refractivity contribution in [1.29, 1.82) is 0 Å². The zero-order valence-electron chi connectivity index (χ0n) is 7.84. The molecule has 2 aromatic rings. The summed E-state index contributed by atoms with van der Waals surface area (Å²) in [7, 11) is 0. The minimum Gasteiger partial charge on any atom is -0.236 e. The Kier molecular flexibility index (Phi) is 3.05. The van der Waals surface area contributed by atoms with Crippen molar-refractivity contribution in [2.75, 3.05) is 0 Å². The van der Waals surface area contributed by atoms with E-state index in [2.05, 4.69) is 15.2 Å². The van der Waals surface area contributed by atoms with Crippen LogP contribution in [0.25, 0.3) is 0 Å². The van der Waals surface area contributed by atoms with Crippen LogP contribution in [0.2, 0.25) is 5.02 Å². The molecule has 0 saturated carbocycles. The standard InChI is InChI=1S/C11H8ClN3/c12-9-4-6-10(7-5-9)14-15-11-3-1-2-8-13-11/h1-8H. The second kappa shape index (κ2) is 4.66. The van der Waals surface area contributed by atoms with Gasteiger partial charge in [0.25, 0.3) is 0 Å². The molecule has 4 heteroatoms. The summed E-state index contributed by atoms with van der Waals surface area (Å²) in [5.41, 5.74) is 0.755. The summed E-state index contributed by atoms with van der Waals surface area (Å²) in [5.74, 6) is 0.590. The minimum absolute atomic E-state index is 0.590. The number of rotatable bonds is 2. The lowest BCUT2D eigenvalue weighted by Crippen LogP contribution is -1.69. The number of pyridine rings is 1. The van der Waals surface area contributed by atoms with E-state index < -0.39 is 0 Å². The van der Waals surface area contributed by atoms with Crippen LogP contribution in [0.3, 0.4) is 0 Å². The van der Waals surface area contributed by atoms with Crippen molar-refractivity contribution >= 4 is 23.1 Å². The van der Waals surface area contributed by atoms with Gasteiger partial charge in [-0.05, 0) is 36.4 Å². The van der Waals surface area contributed by atoms with Gasteiger partial charge in [-0.15, -0.1) is 10.2 Å². The molecule has 0 radical (unpaired) electrons. The Morgan fingerprint density at radius 2 is 1.73 bits per heavy atom. The zero-order valence-corrected chi connectivity index (χ0v) is 8.59. The van der Waals surface area contributed by atoms with Gasteiger partial charge in [-0.25, -0.2) is 4.98 Å². The Balaban J connectivity index is 2.15.